The lowest BCUT2D eigenvalue weighted by Crippen LogP contribution is -2.37. The van der Waals surface area contributed by atoms with Crippen molar-refractivity contribution in [1.29, 1.82) is 0 Å². The molecule has 0 saturated heterocycles. The topological polar surface area (TPSA) is 24.1 Å². The van der Waals surface area contributed by atoms with Crippen LogP contribution in [-0.2, 0) is 6.54 Å². The molecular weight excluding hydrogens is 267 g/mol. The minimum Gasteiger partial charge on any atom is -0.315 e. The van der Waals surface area contributed by atoms with Gasteiger partial charge in [-0.05, 0) is 31.5 Å². The number of nitrogens with one attached hydrogen (secondary N) is 2. The summed E-state index contributed by atoms with van der Waals surface area (Å²) in [4.78, 5) is 0. The largest absolute Gasteiger partial charge is 0.315 e. The molecule has 0 aliphatic carbocycles. The molecule has 0 bridgehead atoms. The van der Waals surface area contributed by atoms with Crippen LogP contribution in [0.5, 0.6) is 0 Å². The van der Waals surface area contributed by atoms with E-state index in [9.17, 15) is 0 Å². The first-order chi connectivity index (χ1) is 8.50. The van der Waals surface area contributed by atoms with Crippen molar-refractivity contribution in [1.82, 2.24) is 10.6 Å². The Bertz CT molecular complexity index is 347. The summed E-state index contributed by atoms with van der Waals surface area (Å²) in [7, 11) is 0. The molecule has 0 heterocycles. The molecule has 0 amide bonds. The molecule has 1 atom stereocenters. The van der Waals surface area contributed by atoms with Gasteiger partial charge in [-0.2, -0.15) is 0 Å². The molecular formula is C14H22Cl2N2. The van der Waals surface area contributed by atoms with E-state index in [1.54, 1.807) is 0 Å². The van der Waals surface area contributed by atoms with E-state index in [0.29, 0.717) is 18.5 Å². The monoisotopic (exact) mass is 288 g/mol. The van der Waals surface area contributed by atoms with E-state index in [4.69, 9.17) is 23.2 Å². The Morgan fingerprint density at radius 3 is 2.22 bits per heavy atom. The number of halogens is 2. The molecule has 0 aromatic heterocycles. The van der Waals surface area contributed by atoms with Crippen LogP contribution in [0.2, 0.25) is 10.0 Å². The van der Waals surface area contributed by atoms with Crippen LogP contribution in [0.15, 0.2) is 18.2 Å². The molecule has 0 saturated carbocycles. The number of hydrogen-bond acceptors (Lipinski definition) is 2. The predicted octanol–water partition coefficient (Wildman–Crippen LogP) is 3.72. The van der Waals surface area contributed by atoms with Crippen molar-refractivity contribution in [3.05, 3.63) is 33.8 Å². The standard InChI is InChI=1S/C14H22Cl2N2/c1-10(2)7-17-8-11(3)18-9-12-13(15)5-4-6-14(12)16/h4-6,10-11,17-18H,7-9H2,1-3H3. The Kier molecular flexibility index (Phi) is 7.02. The third-order valence-electron chi connectivity index (χ3n) is 2.69. The van der Waals surface area contributed by atoms with E-state index < -0.39 is 0 Å². The first-order valence-corrected chi connectivity index (χ1v) is 7.13. The molecule has 0 aliphatic rings. The van der Waals surface area contributed by atoms with Crippen molar-refractivity contribution in [2.75, 3.05) is 13.1 Å². The van der Waals surface area contributed by atoms with Gasteiger partial charge < -0.3 is 10.6 Å². The maximum atomic E-state index is 6.12. The summed E-state index contributed by atoms with van der Waals surface area (Å²) >= 11 is 12.2. The van der Waals surface area contributed by atoms with E-state index in [1.165, 1.54) is 0 Å². The fourth-order valence-corrected chi connectivity index (χ4v) is 2.17. The van der Waals surface area contributed by atoms with Gasteiger partial charge in [0.15, 0.2) is 0 Å². The van der Waals surface area contributed by atoms with Gasteiger partial charge >= 0.3 is 0 Å². The van der Waals surface area contributed by atoms with Crippen molar-refractivity contribution < 1.29 is 0 Å². The van der Waals surface area contributed by atoms with Crippen molar-refractivity contribution in [3.8, 4) is 0 Å². The summed E-state index contributed by atoms with van der Waals surface area (Å²) in [5, 5.41) is 8.28. The molecule has 2 N–H and O–H groups in total. The first kappa shape index (κ1) is 15.8. The Balaban J connectivity index is 2.36. The van der Waals surface area contributed by atoms with E-state index in [-0.39, 0.29) is 0 Å². The fourth-order valence-electron chi connectivity index (χ4n) is 1.64. The Morgan fingerprint density at radius 1 is 1.06 bits per heavy atom. The van der Waals surface area contributed by atoms with Crippen LogP contribution in [0.4, 0.5) is 0 Å². The minimum absolute atomic E-state index is 0.385. The lowest BCUT2D eigenvalue weighted by molar-refractivity contribution is 0.472. The van der Waals surface area contributed by atoms with Crippen molar-refractivity contribution in [3.63, 3.8) is 0 Å². The highest BCUT2D eigenvalue weighted by atomic mass is 35.5. The fraction of sp³-hybridized carbons (Fsp3) is 0.571. The van der Waals surface area contributed by atoms with E-state index in [1.807, 2.05) is 18.2 Å². The molecule has 18 heavy (non-hydrogen) atoms. The molecule has 0 spiro atoms. The second-order valence-electron chi connectivity index (χ2n) is 5.03. The quantitative estimate of drug-likeness (QED) is 0.799. The molecule has 1 rings (SSSR count). The maximum Gasteiger partial charge on any atom is 0.0465 e. The second-order valence-corrected chi connectivity index (χ2v) is 5.85. The molecule has 0 aliphatic heterocycles. The van der Waals surface area contributed by atoms with Gasteiger partial charge in [0.05, 0.1) is 0 Å². The number of benzene rings is 1. The Hall–Kier alpha value is -0.280. The van der Waals surface area contributed by atoms with Crippen LogP contribution in [0, 0.1) is 5.92 Å². The first-order valence-electron chi connectivity index (χ1n) is 6.37. The van der Waals surface area contributed by atoms with Gasteiger partial charge in [0, 0.05) is 34.7 Å². The van der Waals surface area contributed by atoms with Gasteiger partial charge in [-0.3, -0.25) is 0 Å². The summed E-state index contributed by atoms with van der Waals surface area (Å²) in [5.74, 6) is 0.676. The Labute approximate surface area is 120 Å². The van der Waals surface area contributed by atoms with Crippen LogP contribution in [0.3, 0.4) is 0 Å². The summed E-state index contributed by atoms with van der Waals surface area (Å²) in [6, 6.07) is 5.98. The van der Waals surface area contributed by atoms with Gasteiger partial charge in [0.1, 0.15) is 0 Å². The van der Waals surface area contributed by atoms with E-state index in [2.05, 4.69) is 31.4 Å². The summed E-state index contributed by atoms with van der Waals surface area (Å²) in [6.07, 6.45) is 0. The third-order valence-corrected chi connectivity index (χ3v) is 3.40. The molecule has 0 fully saturated rings. The lowest BCUT2D eigenvalue weighted by Gasteiger charge is -2.16. The highest BCUT2D eigenvalue weighted by molar-refractivity contribution is 6.35. The predicted molar refractivity (Wildman–Crippen MR) is 80.5 cm³/mol. The number of rotatable bonds is 7. The molecule has 1 aromatic rings. The zero-order chi connectivity index (χ0) is 13.5. The zero-order valence-corrected chi connectivity index (χ0v) is 12.8. The smallest absolute Gasteiger partial charge is 0.0465 e. The summed E-state index contributed by atoms with van der Waals surface area (Å²) < 4.78 is 0. The maximum absolute atomic E-state index is 6.12. The van der Waals surface area contributed by atoms with Gasteiger partial charge in [-0.1, -0.05) is 43.1 Å². The normalized spacial score (nSPS) is 13.0. The molecule has 0 radical (unpaired) electrons. The molecule has 1 aromatic carbocycles. The lowest BCUT2D eigenvalue weighted by atomic mass is 10.2. The Morgan fingerprint density at radius 2 is 1.67 bits per heavy atom. The van der Waals surface area contributed by atoms with E-state index in [0.717, 1.165) is 28.7 Å². The molecule has 4 heteroatoms. The molecule has 1 unspecified atom stereocenters. The molecule has 2 nitrogen and oxygen atoms in total. The van der Waals surface area contributed by atoms with Crippen molar-refractivity contribution in [2.45, 2.75) is 33.4 Å². The van der Waals surface area contributed by atoms with Gasteiger partial charge in [0.25, 0.3) is 0 Å². The SMILES string of the molecule is CC(C)CNCC(C)NCc1c(Cl)cccc1Cl. The van der Waals surface area contributed by atoms with Crippen LogP contribution >= 0.6 is 23.2 Å². The highest BCUT2D eigenvalue weighted by Gasteiger charge is 2.07. The van der Waals surface area contributed by atoms with Crippen molar-refractivity contribution in [2.24, 2.45) is 5.92 Å². The molecule has 102 valence electrons. The summed E-state index contributed by atoms with van der Waals surface area (Å²) in [5.41, 5.74) is 0.969. The summed E-state index contributed by atoms with van der Waals surface area (Å²) in [6.45, 7) is 9.24. The average molecular weight is 289 g/mol. The van der Waals surface area contributed by atoms with Crippen LogP contribution < -0.4 is 10.6 Å². The second kappa shape index (κ2) is 8.00. The zero-order valence-electron chi connectivity index (χ0n) is 11.3. The van der Waals surface area contributed by atoms with Crippen molar-refractivity contribution >= 4 is 23.2 Å². The van der Waals surface area contributed by atoms with Crippen LogP contribution in [0.25, 0.3) is 0 Å². The van der Waals surface area contributed by atoms with Gasteiger partial charge in [-0.15, -0.1) is 0 Å². The number of hydrogen-bond donors (Lipinski definition) is 2. The average Bonchev–Trinajstić information content (AvgIpc) is 2.27. The van der Waals surface area contributed by atoms with Gasteiger partial charge in [-0.25, -0.2) is 0 Å². The van der Waals surface area contributed by atoms with Crippen LogP contribution in [-0.4, -0.2) is 19.1 Å². The third kappa shape index (κ3) is 5.57. The van der Waals surface area contributed by atoms with Crippen LogP contribution in [0.1, 0.15) is 26.3 Å². The van der Waals surface area contributed by atoms with E-state index >= 15 is 0 Å². The van der Waals surface area contributed by atoms with Gasteiger partial charge in [0.2, 0.25) is 0 Å². The highest BCUT2D eigenvalue weighted by Crippen LogP contribution is 2.23. The minimum atomic E-state index is 0.385.